The number of aromatic nitrogens is 2. The maximum Gasteiger partial charge on any atom is 0.224 e. The summed E-state index contributed by atoms with van der Waals surface area (Å²) in [6.07, 6.45) is 1.65. The van der Waals surface area contributed by atoms with E-state index < -0.39 is 0 Å². The van der Waals surface area contributed by atoms with Crippen LogP contribution in [0.25, 0.3) is 5.69 Å². The summed E-state index contributed by atoms with van der Waals surface area (Å²) in [5, 5.41) is 13.8. The van der Waals surface area contributed by atoms with Crippen molar-refractivity contribution in [1.82, 2.24) is 9.78 Å². The van der Waals surface area contributed by atoms with E-state index in [1.165, 1.54) is 23.7 Å². The summed E-state index contributed by atoms with van der Waals surface area (Å²) in [5.41, 5.74) is 0.315. The molecule has 2 rings (SSSR count). The lowest BCUT2D eigenvalue weighted by atomic mass is 10.3. The van der Waals surface area contributed by atoms with Gasteiger partial charge in [0, 0.05) is 11.9 Å². The number of halogens is 3. The zero-order valence-corrected chi connectivity index (χ0v) is 13.0. The minimum Gasteiger partial charge on any atom is -0.292 e. The van der Waals surface area contributed by atoms with Crippen LogP contribution < -0.4 is 4.80 Å². The summed E-state index contributed by atoms with van der Waals surface area (Å²) in [6, 6.07) is 2.97. The second-order valence-corrected chi connectivity index (χ2v) is 5.79. The van der Waals surface area contributed by atoms with Crippen LogP contribution in [0.5, 0.6) is 0 Å². The highest BCUT2D eigenvalue weighted by molar-refractivity contribution is 7.11. The first-order valence-corrected chi connectivity index (χ1v) is 7.08. The Labute approximate surface area is 132 Å². The maximum atomic E-state index is 11.4. The van der Waals surface area contributed by atoms with E-state index in [0.717, 1.165) is 11.3 Å². The van der Waals surface area contributed by atoms with Crippen LogP contribution in [0, 0.1) is 11.5 Å². The Bertz CT molecular complexity index is 780. The highest BCUT2D eigenvalue weighted by Crippen LogP contribution is 2.31. The number of hydrogen-bond donors (Lipinski definition) is 0. The SMILES string of the molecule is CC(=O)c1nn(-c2c(Cl)cc(Cl)cc2Cl)c(=NC#N)s1. The summed E-state index contributed by atoms with van der Waals surface area (Å²) < 4.78 is 1.26. The van der Waals surface area contributed by atoms with Crippen LogP contribution in [0.3, 0.4) is 0 Å². The molecule has 1 aromatic carbocycles. The Kier molecular flexibility index (Phi) is 4.45. The van der Waals surface area contributed by atoms with Gasteiger partial charge in [0.1, 0.15) is 5.69 Å². The van der Waals surface area contributed by atoms with Crippen molar-refractivity contribution in [1.29, 1.82) is 5.26 Å². The zero-order valence-electron chi connectivity index (χ0n) is 9.89. The number of benzene rings is 1. The van der Waals surface area contributed by atoms with Gasteiger partial charge < -0.3 is 0 Å². The first-order valence-electron chi connectivity index (χ1n) is 5.13. The van der Waals surface area contributed by atoms with Crippen LogP contribution >= 0.6 is 46.1 Å². The fourth-order valence-corrected chi connectivity index (χ4v) is 3.14. The van der Waals surface area contributed by atoms with Gasteiger partial charge in [-0.25, -0.2) is 4.68 Å². The Morgan fingerprint density at radius 1 is 1.40 bits per heavy atom. The normalized spacial score (nSPS) is 11.4. The lowest BCUT2D eigenvalue weighted by molar-refractivity contribution is 0.101. The predicted molar refractivity (Wildman–Crippen MR) is 77.7 cm³/mol. The van der Waals surface area contributed by atoms with Crippen molar-refractivity contribution < 1.29 is 4.79 Å². The molecule has 0 bridgehead atoms. The molecule has 0 radical (unpaired) electrons. The highest BCUT2D eigenvalue weighted by atomic mass is 35.5. The molecule has 0 unspecified atom stereocenters. The van der Waals surface area contributed by atoms with E-state index >= 15 is 0 Å². The van der Waals surface area contributed by atoms with Crippen LogP contribution in [0.1, 0.15) is 16.7 Å². The minimum atomic E-state index is -0.246. The molecule has 0 aliphatic heterocycles. The molecule has 102 valence electrons. The second-order valence-electron chi connectivity index (χ2n) is 3.59. The molecule has 0 aliphatic carbocycles. The largest absolute Gasteiger partial charge is 0.292 e. The lowest BCUT2D eigenvalue weighted by Crippen LogP contribution is -2.15. The fourth-order valence-electron chi connectivity index (χ4n) is 1.42. The molecule has 20 heavy (non-hydrogen) atoms. The Morgan fingerprint density at radius 2 is 2.00 bits per heavy atom. The Balaban J connectivity index is 2.80. The molecule has 9 heteroatoms. The topological polar surface area (TPSA) is 71.0 Å². The van der Waals surface area contributed by atoms with Crippen LogP contribution in [0.15, 0.2) is 17.1 Å². The van der Waals surface area contributed by atoms with Crippen LogP contribution in [-0.4, -0.2) is 15.6 Å². The number of rotatable bonds is 2. The third-order valence-electron chi connectivity index (χ3n) is 2.20. The van der Waals surface area contributed by atoms with Gasteiger partial charge in [0.05, 0.1) is 10.0 Å². The highest BCUT2D eigenvalue weighted by Gasteiger charge is 2.16. The molecule has 0 fully saturated rings. The van der Waals surface area contributed by atoms with Crippen LogP contribution in [0.2, 0.25) is 15.1 Å². The number of carbonyl (C=O) groups excluding carboxylic acids is 1. The number of ketones is 1. The molecule has 0 saturated carbocycles. The van der Waals surface area contributed by atoms with Gasteiger partial charge in [-0.3, -0.25) is 4.79 Å². The molecule has 0 atom stereocenters. The van der Waals surface area contributed by atoms with E-state index in [2.05, 4.69) is 10.1 Å². The van der Waals surface area contributed by atoms with Gasteiger partial charge in [0.15, 0.2) is 10.8 Å². The summed E-state index contributed by atoms with van der Waals surface area (Å²) in [6.45, 7) is 1.37. The van der Waals surface area contributed by atoms with Gasteiger partial charge in [0.2, 0.25) is 11.0 Å². The van der Waals surface area contributed by atoms with Gasteiger partial charge >= 0.3 is 0 Å². The third kappa shape index (κ3) is 2.86. The van der Waals surface area contributed by atoms with Crippen molar-refractivity contribution >= 4 is 51.9 Å². The predicted octanol–water partition coefficient (Wildman–Crippen LogP) is 3.48. The summed E-state index contributed by atoms with van der Waals surface area (Å²) >= 11 is 19.0. The van der Waals surface area contributed by atoms with Crippen molar-refractivity contribution in [3.05, 3.63) is 37.0 Å². The number of nitrogens with zero attached hydrogens (tertiary/aromatic N) is 4. The molecule has 0 amide bonds. The molecule has 0 saturated heterocycles. The zero-order chi connectivity index (χ0) is 14.9. The molecule has 1 heterocycles. The van der Waals surface area contributed by atoms with Crippen molar-refractivity contribution in [3.8, 4) is 11.9 Å². The molecule has 1 aromatic heterocycles. The average Bonchev–Trinajstić information content (AvgIpc) is 2.72. The molecule has 0 spiro atoms. The van der Waals surface area contributed by atoms with E-state index in [1.54, 1.807) is 6.19 Å². The summed E-state index contributed by atoms with van der Waals surface area (Å²) in [7, 11) is 0. The van der Waals surface area contributed by atoms with Gasteiger partial charge in [-0.15, -0.1) is 4.99 Å². The summed E-state index contributed by atoms with van der Waals surface area (Å²) in [4.78, 5) is 15.2. The van der Waals surface area contributed by atoms with E-state index in [1.807, 2.05) is 0 Å². The van der Waals surface area contributed by atoms with E-state index in [0.29, 0.717) is 10.7 Å². The van der Waals surface area contributed by atoms with E-state index in [4.69, 9.17) is 40.1 Å². The van der Waals surface area contributed by atoms with Crippen molar-refractivity contribution in [2.75, 3.05) is 0 Å². The number of Topliss-reactive ketones (excluding diaryl/α,β-unsaturated/α-hetero) is 1. The van der Waals surface area contributed by atoms with Crippen molar-refractivity contribution in [2.45, 2.75) is 6.92 Å². The molecular formula is C11H5Cl3N4OS. The first kappa shape index (κ1) is 15.0. The standard InChI is InChI=1S/C11H5Cl3N4OS/c1-5(19)10-17-18(11(20-10)16-4-15)9-7(13)2-6(12)3-8(9)14/h2-3H,1H3. The average molecular weight is 348 g/mol. The number of nitriles is 1. The Hall–Kier alpha value is -1.39. The van der Waals surface area contributed by atoms with E-state index in [-0.39, 0.29) is 25.6 Å². The van der Waals surface area contributed by atoms with Gasteiger partial charge in [-0.2, -0.15) is 10.4 Å². The molecule has 0 N–H and O–H groups in total. The third-order valence-corrected chi connectivity index (χ3v) is 4.00. The second kappa shape index (κ2) is 5.94. The maximum absolute atomic E-state index is 11.4. The van der Waals surface area contributed by atoms with Crippen molar-refractivity contribution in [2.24, 2.45) is 4.99 Å². The van der Waals surface area contributed by atoms with Gasteiger partial charge in [-0.05, 0) is 12.1 Å². The fraction of sp³-hybridized carbons (Fsp3) is 0.0909. The van der Waals surface area contributed by atoms with Gasteiger partial charge in [-0.1, -0.05) is 46.1 Å². The number of hydrogen-bond acceptors (Lipinski definition) is 5. The Morgan fingerprint density at radius 3 is 2.50 bits per heavy atom. The molecule has 5 nitrogen and oxygen atoms in total. The number of carbonyl (C=O) groups is 1. The van der Waals surface area contributed by atoms with Crippen molar-refractivity contribution in [3.63, 3.8) is 0 Å². The van der Waals surface area contributed by atoms with Crippen LogP contribution in [-0.2, 0) is 0 Å². The molecule has 2 aromatic rings. The smallest absolute Gasteiger partial charge is 0.224 e. The van der Waals surface area contributed by atoms with Gasteiger partial charge in [0.25, 0.3) is 0 Å². The molecule has 0 aliphatic rings. The summed E-state index contributed by atoms with van der Waals surface area (Å²) in [5.74, 6) is -0.246. The quantitative estimate of drug-likeness (QED) is 0.617. The molecular weight excluding hydrogens is 343 g/mol. The lowest BCUT2D eigenvalue weighted by Gasteiger charge is -2.06. The van der Waals surface area contributed by atoms with E-state index in [9.17, 15) is 4.79 Å². The monoisotopic (exact) mass is 346 g/mol. The van der Waals surface area contributed by atoms with Crippen LogP contribution in [0.4, 0.5) is 0 Å². The minimum absolute atomic E-state index is 0.195. The first-order chi connectivity index (χ1) is 9.43.